The summed E-state index contributed by atoms with van der Waals surface area (Å²) in [7, 11) is 0. The fraction of sp³-hybridized carbons (Fsp3) is 0.263. The van der Waals surface area contributed by atoms with Crippen LogP contribution in [-0.4, -0.2) is 25.2 Å². The van der Waals surface area contributed by atoms with Crippen molar-refractivity contribution in [2.45, 2.75) is 6.61 Å². The fourth-order valence-electron chi connectivity index (χ4n) is 1.92. The maximum Gasteiger partial charge on any atom is 0.120 e. The lowest BCUT2D eigenvalue weighted by atomic mass is 10.1. The summed E-state index contributed by atoms with van der Waals surface area (Å²) in [5.41, 5.74) is 2.23. The molecular weight excluding hydrogens is 356 g/mol. The van der Waals surface area contributed by atoms with Gasteiger partial charge in [-0.3, -0.25) is 0 Å². The number of hydrogen-bond acceptors (Lipinski definition) is 3. The average Bonchev–Trinajstić information content (AvgIpc) is 2.61. The standard InChI is InChI=1S/C19H21BrO3/c1-2-16-3-5-17(6-4-16)15-23-19-9-7-18(8-10-19)22-14-13-21-12-11-20/h2-10H,1,11-15H2. The Morgan fingerprint density at radius 3 is 2.09 bits per heavy atom. The SMILES string of the molecule is C=Cc1ccc(COc2ccc(OCCOCCBr)cc2)cc1. The Balaban J connectivity index is 1.74. The van der Waals surface area contributed by atoms with Crippen LogP contribution in [0.5, 0.6) is 11.5 Å². The Bertz CT molecular complexity index is 579. The zero-order valence-electron chi connectivity index (χ0n) is 13.0. The monoisotopic (exact) mass is 376 g/mol. The first-order valence-electron chi connectivity index (χ1n) is 7.52. The van der Waals surface area contributed by atoms with Gasteiger partial charge in [0.2, 0.25) is 0 Å². The van der Waals surface area contributed by atoms with Gasteiger partial charge >= 0.3 is 0 Å². The molecule has 0 amide bonds. The lowest BCUT2D eigenvalue weighted by Gasteiger charge is -2.09. The van der Waals surface area contributed by atoms with E-state index in [0.717, 1.165) is 28.0 Å². The predicted molar refractivity (Wildman–Crippen MR) is 97.4 cm³/mol. The first-order valence-corrected chi connectivity index (χ1v) is 8.64. The van der Waals surface area contributed by atoms with Gasteiger partial charge in [-0.1, -0.05) is 52.9 Å². The minimum absolute atomic E-state index is 0.540. The zero-order valence-corrected chi connectivity index (χ0v) is 14.6. The van der Waals surface area contributed by atoms with Gasteiger partial charge in [0.05, 0.1) is 13.2 Å². The Morgan fingerprint density at radius 1 is 0.826 bits per heavy atom. The molecule has 0 N–H and O–H groups in total. The van der Waals surface area contributed by atoms with Crippen LogP contribution in [-0.2, 0) is 11.3 Å². The summed E-state index contributed by atoms with van der Waals surface area (Å²) in [6.45, 7) is 6.12. The normalized spacial score (nSPS) is 10.3. The van der Waals surface area contributed by atoms with Crippen molar-refractivity contribution in [1.29, 1.82) is 0 Å². The van der Waals surface area contributed by atoms with Crippen LogP contribution in [0.2, 0.25) is 0 Å². The number of halogens is 1. The van der Waals surface area contributed by atoms with E-state index < -0.39 is 0 Å². The van der Waals surface area contributed by atoms with E-state index in [1.165, 1.54) is 0 Å². The number of ether oxygens (including phenoxy) is 3. The molecule has 4 heteroatoms. The highest BCUT2D eigenvalue weighted by atomic mass is 79.9. The molecule has 0 saturated carbocycles. The second-order valence-corrected chi connectivity index (χ2v) is 5.65. The van der Waals surface area contributed by atoms with Crippen molar-refractivity contribution in [3.8, 4) is 11.5 Å². The highest BCUT2D eigenvalue weighted by molar-refractivity contribution is 9.09. The number of rotatable bonds is 10. The van der Waals surface area contributed by atoms with Gasteiger partial charge in [0, 0.05) is 5.33 Å². The molecule has 2 rings (SSSR count). The van der Waals surface area contributed by atoms with Crippen molar-refractivity contribution in [2.75, 3.05) is 25.2 Å². The summed E-state index contributed by atoms with van der Waals surface area (Å²) >= 11 is 3.31. The molecule has 0 fully saturated rings. The van der Waals surface area contributed by atoms with Crippen LogP contribution in [0.25, 0.3) is 6.08 Å². The summed E-state index contributed by atoms with van der Waals surface area (Å²) in [5.74, 6) is 1.64. The molecule has 3 nitrogen and oxygen atoms in total. The molecule has 2 aromatic carbocycles. The molecule has 0 unspecified atom stereocenters. The molecule has 122 valence electrons. The van der Waals surface area contributed by atoms with Gasteiger partial charge in [-0.2, -0.15) is 0 Å². The molecule has 0 bridgehead atoms. The number of benzene rings is 2. The highest BCUT2D eigenvalue weighted by Crippen LogP contribution is 2.19. The van der Waals surface area contributed by atoms with Gasteiger partial charge in [0.15, 0.2) is 0 Å². The van der Waals surface area contributed by atoms with E-state index in [2.05, 4.69) is 22.5 Å². The Kier molecular flexibility index (Phi) is 7.70. The molecule has 0 aliphatic carbocycles. The molecule has 0 radical (unpaired) electrons. The van der Waals surface area contributed by atoms with Crippen molar-refractivity contribution in [2.24, 2.45) is 0 Å². The van der Waals surface area contributed by atoms with Crippen molar-refractivity contribution in [1.82, 2.24) is 0 Å². The van der Waals surface area contributed by atoms with Crippen LogP contribution < -0.4 is 9.47 Å². The smallest absolute Gasteiger partial charge is 0.120 e. The molecule has 0 atom stereocenters. The molecule has 0 spiro atoms. The summed E-state index contributed by atoms with van der Waals surface area (Å²) in [6, 6.07) is 15.8. The second-order valence-electron chi connectivity index (χ2n) is 4.86. The van der Waals surface area contributed by atoms with E-state index in [-0.39, 0.29) is 0 Å². The Labute approximate surface area is 146 Å². The van der Waals surface area contributed by atoms with E-state index in [9.17, 15) is 0 Å². The van der Waals surface area contributed by atoms with Gasteiger partial charge in [0.25, 0.3) is 0 Å². The molecule has 23 heavy (non-hydrogen) atoms. The average molecular weight is 377 g/mol. The van der Waals surface area contributed by atoms with E-state index in [1.807, 2.05) is 54.6 Å². The van der Waals surface area contributed by atoms with Gasteiger partial charge in [-0.05, 0) is 35.4 Å². The molecule has 0 aliphatic heterocycles. The first-order chi connectivity index (χ1) is 11.3. The third-order valence-electron chi connectivity index (χ3n) is 3.16. The van der Waals surface area contributed by atoms with E-state index in [4.69, 9.17) is 14.2 Å². The molecule has 0 heterocycles. The van der Waals surface area contributed by atoms with Crippen LogP contribution in [0.1, 0.15) is 11.1 Å². The Morgan fingerprint density at radius 2 is 1.48 bits per heavy atom. The van der Waals surface area contributed by atoms with E-state index in [1.54, 1.807) is 0 Å². The van der Waals surface area contributed by atoms with Crippen LogP contribution in [0.4, 0.5) is 0 Å². The van der Waals surface area contributed by atoms with Crippen LogP contribution in [0.3, 0.4) is 0 Å². The molecular formula is C19H21BrO3. The van der Waals surface area contributed by atoms with E-state index >= 15 is 0 Å². The summed E-state index contributed by atoms with van der Waals surface area (Å²) in [5, 5.41) is 0.843. The van der Waals surface area contributed by atoms with Gasteiger partial charge < -0.3 is 14.2 Å². The summed E-state index contributed by atoms with van der Waals surface area (Å²) in [6.07, 6.45) is 1.83. The van der Waals surface area contributed by atoms with Crippen LogP contribution >= 0.6 is 15.9 Å². The van der Waals surface area contributed by atoms with Gasteiger partial charge in [0.1, 0.15) is 24.7 Å². The predicted octanol–water partition coefficient (Wildman–Crippen LogP) is 4.70. The summed E-state index contributed by atoms with van der Waals surface area (Å²) in [4.78, 5) is 0. The highest BCUT2D eigenvalue weighted by Gasteiger charge is 1.98. The minimum Gasteiger partial charge on any atom is -0.491 e. The van der Waals surface area contributed by atoms with E-state index in [0.29, 0.717) is 26.4 Å². The fourth-order valence-corrected chi connectivity index (χ4v) is 2.15. The Hall–Kier alpha value is -1.78. The molecule has 2 aromatic rings. The molecule has 0 aromatic heterocycles. The number of alkyl halides is 1. The van der Waals surface area contributed by atoms with Crippen molar-refractivity contribution >= 4 is 22.0 Å². The maximum absolute atomic E-state index is 5.77. The minimum atomic E-state index is 0.540. The molecule has 0 saturated heterocycles. The lowest BCUT2D eigenvalue weighted by Crippen LogP contribution is -2.07. The quantitative estimate of drug-likeness (QED) is 0.444. The molecule has 0 aliphatic rings. The summed E-state index contributed by atoms with van der Waals surface area (Å²) < 4.78 is 16.7. The number of hydrogen-bond donors (Lipinski definition) is 0. The van der Waals surface area contributed by atoms with Crippen molar-refractivity contribution in [3.63, 3.8) is 0 Å². The first kappa shape index (κ1) is 17.6. The van der Waals surface area contributed by atoms with Crippen LogP contribution in [0.15, 0.2) is 55.1 Å². The van der Waals surface area contributed by atoms with Crippen LogP contribution in [0, 0.1) is 0 Å². The maximum atomic E-state index is 5.77. The largest absolute Gasteiger partial charge is 0.491 e. The second kappa shape index (κ2) is 10.1. The van der Waals surface area contributed by atoms with Crippen molar-refractivity contribution < 1.29 is 14.2 Å². The topological polar surface area (TPSA) is 27.7 Å². The van der Waals surface area contributed by atoms with Crippen molar-refractivity contribution in [3.05, 3.63) is 66.2 Å². The van der Waals surface area contributed by atoms with Gasteiger partial charge in [-0.25, -0.2) is 0 Å². The van der Waals surface area contributed by atoms with Gasteiger partial charge in [-0.15, -0.1) is 0 Å². The lowest BCUT2D eigenvalue weighted by molar-refractivity contribution is 0.112. The zero-order chi connectivity index (χ0) is 16.3. The third kappa shape index (κ3) is 6.47. The third-order valence-corrected chi connectivity index (χ3v) is 3.49.